The van der Waals surface area contributed by atoms with Gasteiger partial charge in [-0.3, -0.25) is 4.79 Å². The van der Waals surface area contributed by atoms with Crippen molar-refractivity contribution in [1.82, 2.24) is 25.3 Å². The van der Waals surface area contributed by atoms with Crippen molar-refractivity contribution in [1.29, 1.82) is 0 Å². The number of nitrogens with zero attached hydrogens (tertiary/aromatic N) is 3. The smallest absolute Gasteiger partial charge is 0.227 e. The molecular weight excluding hydrogens is 475 g/mol. The molecule has 0 atom stereocenters. The Hall–Kier alpha value is -3.37. The van der Waals surface area contributed by atoms with E-state index in [1.165, 1.54) is 37.8 Å². The van der Waals surface area contributed by atoms with Crippen LogP contribution in [-0.2, 0) is 20.7 Å². The fraction of sp³-hybridized carbons (Fsp3) is 0.481. The van der Waals surface area contributed by atoms with E-state index in [2.05, 4.69) is 20.6 Å². The molecule has 2 saturated carbocycles. The van der Waals surface area contributed by atoms with Crippen molar-refractivity contribution >= 4 is 11.9 Å². The summed E-state index contributed by atoms with van der Waals surface area (Å²) in [5.41, 5.74) is 2.83. The van der Waals surface area contributed by atoms with Crippen LogP contribution in [0.25, 0.3) is 22.6 Å². The molecular formula is C27H31FN6O3. The van der Waals surface area contributed by atoms with E-state index in [1.54, 1.807) is 18.3 Å². The number of nitrogens with one attached hydrogen (secondary N) is 3. The SMILES string of the molecule is O=C(NCC1CC1)C1COC(Cc2nc(-c3ccc(F)cc3)c(-c3ccnc(NCC4CC4)n3)[nH]2)OC1. The fourth-order valence-corrected chi connectivity index (χ4v) is 4.34. The van der Waals surface area contributed by atoms with Crippen molar-refractivity contribution in [3.8, 4) is 22.6 Å². The lowest BCUT2D eigenvalue weighted by Crippen LogP contribution is -2.43. The second kappa shape index (κ2) is 10.5. The zero-order valence-corrected chi connectivity index (χ0v) is 20.6. The number of ether oxygens (including phenoxy) is 2. The van der Waals surface area contributed by atoms with Gasteiger partial charge in [0.2, 0.25) is 11.9 Å². The lowest BCUT2D eigenvalue weighted by molar-refractivity contribution is -0.200. The number of hydrogen-bond donors (Lipinski definition) is 3. The van der Waals surface area contributed by atoms with Crippen LogP contribution in [0.5, 0.6) is 0 Å². The number of anilines is 1. The first-order valence-electron chi connectivity index (χ1n) is 13.0. The Balaban J connectivity index is 1.17. The minimum Gasteiger partial charge on any atom is -0.355 e. The Bertz CT molecular complexity index is 1230. The van der Waals surface area contributed by atoms with E-state index < -0.39 is 6.29 Å². The Kier molecular flexibility index (Phi) is 6.84. The molecule has 2 aliphatic carbocycles. The zero-order valence-electron chi connectivity index (χ0n) is 20.6. The number of benzene rings is 1. The third-order valence-corrected chi connectivity index (χ3v) is 6.99. The highest BCUT2D eigenvalue weighted by molar-refractivity contribution is 5.79. The summed E-state index contributed by atoms with van der Waals surface area (Å²) < 4.78 is 25.3. The van der Waals surface area contributed by atoms with Gasteiger partial charge in [-0.2, -0.15) is 0 Å². The Morgan fingerprint density at radius 3 is 2.46 bits per heavy atom. The lowest BCUT2D eigenvalue weighted by atomic mass is 10.1. The van der Waals surface area contributed by atoms with Gasteiger partial charge < -0.3 is 25.1 Å². The number of hydrogen-bond acceptors (Lipinski definition) is 7. The number of imidazole rings is 1. The van der Waals surface area contributed by atoms with E-state index in [0.717, 1.165) is 18.7 Å². The van der Waals surface area contributed by atoms with Crippen LogP contribution in [0.4, 0.5) is 10.3 Å². The monoisotopic (exact) mass is 506 g/mol. The van der Waals surface area contributed by atoms with E-state index in [4.69, 9.17) is 19.4 Å². The van der Waals surface area contributed by atoms with Crippen LogP contribution in [0.1, 0.15) is 31.5 Å². The Labute approximate surface area is 214 Å². The predicted octanol–water partition coefficient (Wildman–Crippen LogP) is 3.55. The largest absolute Gasteiger partial charge is 0.355 e. The van der Waals surface area contributed by atoms with Gasteiger partial charge in [-0.1, -0.05) is 0 Å². The molecule has 37 heavy (non-hydrogen) atoms. The molecule has 3 aliphatic rings. The van der Waals surface area contributed by atoms with Gasteiger partial charge in [-0.15, -0.1) is 0 Å². The number of H-pyrrole nitrogens is 1. The molecule has 1 aromatic carbocycles. The minimum atomic E-state index is -0.520. The zero-order chi connectivity index (χ0) is 25.2. The number of aromatic nitrogens is 4. The van der Waals surface area contributed by atoms with Gasteiger partial charge in [-0.05, 0) is 67.9 Å². The van der Waals surface area contributed by atoms with Crippen LogP contribution in [0.15, 0.2) is 36.5 Å². The first kappa shape index (κ1) is 24.0. The summed E-state index contributed by atoms with van der Waals surface area (Å²) in [5, 5.41) is 6.30. The molecule has 10 heteroatoms. The van der Waals surface area contributed by atoms with Gasteiger partial charge in [0.15, 0.2) is 6.29 Å². The van der Waals surface area contributed by atoms with Crippen molar-refractivity contribution in [2.75, 3.05) is 31.6 Å². The molecule has 0 unspecified atom stereocenters. The van der Waals surface area contributed by atoms with Crippen LogP contribution >= 0.6 is 0 Å². The van der Waals surface area contributed by atoms with Crippen LogP contribution in [-0.4, -0.2) is 58.4 Å². The van der Waals surface area contributed by atoms with Crippen molar-refractivity contribution < 1.29 is 18.7 Å². The highest BCUT2D eigenvalue weighted by Gasteiger charge is 2.30. The second-order valence-corrected chi connectivity index (χ2v) is 10.2. The first-order valence-corrected chi connectivity index (χ1v) is 13.0. The maximum absolute atomic E-state index is 13.6. The molecule has 1 saturated heterocycles. The van der Waals surface area contributed by atoms with Crippen molar-refractivity contribution in [2.45, 2.75) is 38.4 Å². The molecule has 3 aromatic rings. The summed E-state index contributed by atoms with van der Waals surface area (Å²) in [4.78, 5) is 29.6. The number of amides is 1. The highest BCUT2D eigenvalue weighted by Crippen LogP contribution is 2.32. The van der Waals surface area contributed by atoms with Crippen LogP contribution in [0.3, 0.4) is 0 Å². The molecule has 6 rings (SSSR count). The number of halogens is 1. The van der Waals surface area contributed by atoms with Crippen molar-refractivity contribution in [3.05, 3.63) is 48.2 Å². The molecule has 0 bridgehead atoms. The maximum Gasteiger partial charge on any atom is 0.227 e. The standard InChI is InChI=1S/C27H31FN6O3/c28-20-7-5-18(6-8-20)24-25(21-9-10-29-27(32-21)31-13-17-3-4-17)34-22(33-24)11-23-36-14-19(15-37-23)26(35)30-12-16-1-2-16/h5-10,16-17,19,23H,1-4,11-15H2,(H,30,35)(H,33,34)(H,29,31,32). The van der Waals surface area contributed by atoms with E-state index in [1.807, 2.05) is 6.07 Å². The normalized spacial score (nSPS) is 21.5. The van der Waals surface area contributed by atoms with Crippen molar-refractivity contribution in [3.63, 3.8) is 0 Å². The average Bonchev–Trinajstić information content (AvgIpc) is 3.86. The van der Waals surface area contributed by atoms with E-state index >= 15 is 0 Å². The number of carbonyl (C=O) groups is 1. The molecule has 3 fully saturated rings. The maximum atomic E-state index is 13.6. The van der Waals surface area contributed by atoms with E-state index in [9.17, 15) is 9.18 Å². The molecule has 194 valence electrons. The predicted molar refractivity (Wildman–Crippen MR) is 135 cm³/mol. The molecule has 1 amide bonds. The lowest BCUT2D eigenvalue weighted by Gasteiger charge is -2.28. The summed E-state index contributed by atoms with van der Waals surface area (Å²) in [5.74, 6) is 1.91. The first-order chi connectivity index (χ1) is 18.1. The summed E-state index contributed by atoms with van der Waals surface area (Å²) in [6.07, 6.45) is 6.44. The van der Waals surface area contributed by atoms with Gasteiger partial charge in [0.25, 0.3) is 0 Å². The summed E-state index contributed by atoms with van der Waals surface area (Å²) in [6.45, 7) is 2.21. The highest BCUT2D eigenvalue weighted by atomic mass is 19.1. The summed E-state index contributed by atoms with van der Waals surface area (Å²) in [7, 11) is 0. The van der Waals surface area contributed by atoms with Gasteiger partial charge in [0.05, 0.1) is 42.6 Å². The van der Waals surface area contributed by atoms with E-state index in [0.29, 0.717) is 60.3 Å². The molecule has 2 aromatic heterocycles. The molecule has 0 spiro atoms. The third-order valence-electron chi connectivity index (χ3n) is 6.99. The summed E-state index contributed by atoms with van der Waals surface area (Å²) >= 11 is 0. The topological polar surface area (TPSA) is 114 Å². The number of rotatable bonds is 10. The van der Waals surface area contributed by atoms with Gasteiger partial charge in [0, 0.05) is 24.8 Å². The van der Waals surface area contributed by atoms with Gasteiger partial charge in [-0.25, -0.2) is 19.3 Å². The second-order valence-electron chi connectivity index (χ2n) is 10.2. The molecule has 1 aliphatic heterocycles. The van der Waals surface area contributed by atoms with Crippen LogP contribution in [0.2, 0.25) is 0 Å². The Morgan fingerprint density at radius 1 is 1.00 bits per heavy atom. The molecule has 3 N–H and O–H groups in total. The molecule has 3 heterocycles. The van der Waals surface area contributed by atoms with Crippen molar-refractivity contribution in [2.24, 2.45) is 17.8 Å². The molecule has 0 radical (unpaired) electrons. The van der Waals surface area contributed by atoms with Crippen LogP contribution < -0.4 is 10.6 Å². The van der Waals surface area contributed by atoms with Crippen LogP contribution in [0, 0.1) is 23.6 Å². The third kappa shape index (κ3) is 6.14. The summed E-state index contributed by atoms with van der Waals surface area (Å²) in [6, 6.07) is 8.05. The number of carbonyl (C=O) groups excluding carboxylic acids is 1. The Morgan fingerprint density at radius 2 is 1.73 bits per heavy atom. The quantitative estimate of drug-likeness (QED) is 0.385. The minimum absolute atomic E-state index is 0.0147. The van der Waals surface area contributed by atoms with E-state index in [-0.39, 0.29) is 17.6 Å². The average molecular weight is 507 g/mol. The van der Waals surface area contributed by atoms with Gasteiger partial charge in [0.1, 0.15) is 11.6 Å². The molecule has 9 nitrogen and oxygen atoms in total. The fourth-order valence-electron chi connectivity index (χ4n) is 4.34. The number of aromatic amines is 1. The van der Waals surface area contributed by atoms with Gasteiger partial charge >= 0.3 is 0 Å².